The van der Waals surface area contributed by atoms with Crippen LogP contribution in [0.1, 0.15) is 24.5 Å². The third-order valence-corrected chi connectivity index (χ3v) is 7.62. The van der Waals surface area contributed by atoms with Gasteiger partial charge in [0.1, 0.15) is 11.6 Å². The standard InChI is InChI=1S/C31H35N7O2/c1-36-16-18-38(19-17-36)31-23-8-4-5-9-24(23)32-29(35-31)13-12-28-33-25(21-30(34-28)37-14-6-7-15-37)22-10-11-26(39-2)27(20-22)40-3/h4-5,8-13,20-21H,6-7,14-19H2,1-3H3. The first kappa shape index (κ1) is 26.0. The van der Waals surface area contributed by atoms with Gasteiger partial charge in [0.25, 0.3) is 0 Å². The number of anilines is 2. The number of hydrogen-bond donors (Lipinski definition) is 0. The summed E-state index contributed by atoms with van der Waals surface area (Å²) in [5.41, 5.74) is 2.70. The van der Waals surface area contributed by atoms with E-state index in [1.54, 1.807) is 14.2 Å². The lowest BCUT2D eigenvalue weighted by molar-refractivity contribution is 0.312. The second-order valence-electron chi connectivity index (χ2n) is 10.3. The number of rotatable bonds is 7. The summed E-state index contributed by atoms with van der Waals surface area (Å²) in [5.74, 6) is 4.53. The van der Waals surface area contributed by atoms with Crippen molar-refractivity contribution in [2.45, 2.75) is 12.8 Å². The predicted octanol–water partition coefficient (Wildman–Crippen LogP) is 4.63. The first-order valence-corrected chi connectivity index (χ1v) is 13.9. The molecule has 0 atom stereocenters. The van der Waals surface area contributed by atoms with Crippen LogP contribution in [0.3, 0.4) is 0 Å². The van der Waals surface area contributed by atoms with Gasteiger partial charge in [-0.25, -0.2) is 19.9 Å². The highest BCUT2D eigenvalue weighted by atomic mass is 16.5. The summed E-state index contributed by atoms with van der Waals surface area (Å²) in [5, 5.41) is 1.08. The van der Waals surface area contributed by atoms with Gasteiger partial charge in [-0.2, -0.15) is 0 Å². The highest BCUT2D eigenvalue weighted by Crippen LogP contribution is 2.33. The maximum atomic E-state index is 5.55. The van der Waals surface area contributed by atoms with Crippen LogP contribution >= 0.6 is 0 Å². The topological polar surface area (TPSA) is 79.7 Å². The number of likely N-dealkylation sites (N-methyl/N-ethyl adjacent to an activating group) is 1. The zero-order chi connectivity index (χ0) is 27.5. The third kappa shape index (κ3) is 5.42. The van der Waals surface area contributed by atoms with E-state index in [0.29, 0.717) is 23.1 Å². The number of para-hydroxylation sites is 1. The molecule has 2 fully saturated rings. The summed E-state index contributed by atoms with van der Waals surface area (Å²) in [4.78, 5) is 26.7. The van der Waals surface area contributed by atoms with Crippen molar-refractivity contribution in [1.29, 1.82) is 0 Å². The lowest BCUT2D eigenvalue weighted by atomic mass is 10.1. The Hall–Kier alpha value is -4.24. The van der Waals surface area contributed by atoms with Crippen LogP contribution in [0.15, 0.2) is 48.5 Å². The summed E-state index contributed by atoms with van der Waals surface area (Å²) < 4.78 is 11.0. The molecule has 2 aromatic carbocycles. The van der Waals surface area contributed by atoms with E-state index >= 15 is 0 Å². The molecule has 0 aliphatic carbocycles. The molecule has 0 amide bonds. The van der Waals surface area contributed by atoms with Gasteiger partial charge >= 0.3 is 0 Å². The molecule has 9 nitrogen and oxygen atoms in total. The Balaban J connectivity index is 1.38. The van der Waals surface area contributed by atoms with Crippen molar-refractivity contribution in [2.24, 2.45) is 0 Å². The van der Waals surface area contributed by atoms with Gasteiger partial charge in [-0.3, -0.25) is 0 Å². The van der Waals surface area contributed by atoms with Crippen LogP contribution < -0.4 is 19.3 Å². The van der Waals surface area contributed by atoms with Gasteiger partial charge in [0.2, 0.25) is 0 Å². The Labute approximate surface area is 235 Å². The van der Waals surface area contributed by atoms with E-state index in [9.17, 15) is 0 Å². The minimum atomic E-state index is 0.618. The molecule has 206 valence electrons. The molecule has 0 unspecified atom stereocenters. The predicted molar refractivity (Wildman–Crippen MR) is 160 cm³/mol. The fourth-order valence-electron chi connectivity index (χ4n) is 5.34. The first-order chi connectivity index (χ1) is 19.6. The third-order valence-electron chi connectivity index (χ3n) is 7.62. The second kappa shape index (κ2) is 11.5. The lowest BCUT2D eigenvalue weighted by Gasteiger charge is -2.33. The van der Waals surface area contributed by atoms with Crippen LogP contribution in [0.25, 0.3) is 34.3 Å². The molecular formula is C31H35N7O2. The molecule has 6 rings (SSSR count). The van der Waals surface area contributed by atoms with E-state index in [0.717, 1.165) is 73.1 Å². The number of aromatic nitrogens is 4. The van der Waals surface area contributed by atoms with Crippen molar-refractivity contribution < 1.29 is 9.47 Å². The normalized spacial score (nSPS) is 16.3. The van der Waals surface area contributed by atoms with Gasteiger partial charge in [0.05, 0.1) is 25.4 Å². The molecule has 40 heavy (non-hydrogen) atoms. The monoisotopic (exact) mass is 537 g/mol. The average molecular weight is 538 g/mol. The lowest BCUT2D eigenvalue weighted by Crippen LogP contribution is -2.45. The number of nitrogens with zero attached hydrogens (tertiary/aromatic N) is 7. The van der Waals surface area contributed by atoms with E-state index in [4.69, 9.17) is 29.4 Å². The molecule has 9 heteroatoms. The van der Waals surface area contributed by atoms with Crippen LogP contribution in [0.2, 0.25) is 0 Å². The average Bonchev–Trinajstić information content (AvgIpc) is 3.55. The fraction of sp³-hybridized carbons (Fsp3) is 0.355. The van der Waals surface area contributed by atoms with Gasteiger partial charge in [0, 0.05) is 56.3 Å². The summed E-state index contributed by atoms with van der Waals surface area (Å²) in [6, 6.07) is 16.1. The van der Waals surface area contributed by atoms with E-state index in [-0.39, 0.29) is 0 Å². The Kier molecular flexibility index (Phi) is 7.46. The minimum absolute atomic E-state index is 0.618. The Morgan fingerprint density at radius 2 is 1.43 bits per heavy atom. The number of ether oxygens (including phenoxy) is 2. The number of benzene rings is 2. The maximum Gasteiger partial charge on any atom is 0.161 e. The van der Waals surface area contributed by atoms with Crippen LogP contribution in [-0.2, 0) is 0 Å². The molecule has 2 aliphatic heterocycles. The summed E-state index contributed by atoms with van der Waals surface area (Å²) in [6.45, 7) is 5.90. The summed E-state index contributed by atoms with van der Waals surface area (Å²) >= 11 is 0. The maximum absolute atomic E-state index is 5.55. The molecule has 0 N–H and O–H groups in total. The van der Waals surface area contributed by atoms with Gasteiger partial charge < -0.3 is 24.2 Å². The highest BCUT2D eigenvalue weighted by Gasteiger charge is 2.19. The second-order valence-corrected chi connectivity index (χ2v) is 10.3. The number of hydrogen-bond acceptors (Lipinski definition) is 9. The van der Waals surface area contributed by atoms with Crippen molar-refractivity contribution in [3.8, 4) is 22.8 Å². The Morgan fingerprint density at radius 1 is 0.700 bits per heavy atom. The van der Waals surface area contributed by atoms with E-state index in [1.807, 2.05) is 48.6 Å². The quantitative estimate of drug-likeness (QED) is 0.335. The van der Waals surface area contributed by atoms with E-state index < -0.39 is 0 Å². The Bertz CT molecular complexity index is 1530. The summed E-state index contributed by atoms with van der Waals surface area (Å²) in [7, 11) is 5.45. The van der Waals surface area contributed by atoms with Crippen LogP contribution in [0, 0.1) is 0 Å². The van der Waals surface area contributed by atoms with Crippen molar-refractivity contribution in [3.63, 3.8) is 0 Å². The number of piperazine rings is 1. The molecule has 0 radical (unpaired) electrons. The zero-order valence-corrected chi connectivity index (χ0v) is 23.4. The molecule has 2 aromatic heterocycles. The van der Waals surface area contributed by atoms with Crippen molar-refractivity contribution in [2.75, 3.05) is 70.3 Å². The molecule has 0 spiro atoms. The van der Waals surface area contributed by atoms with E-state index in [2.05, 4.69) is 33.9 Å². The molecular weight excluding hydrogens is 502 g/mol. The molecule has 0 saturated carbocycles. The van der Waals surface area contributed by atoms with Gasteiger partial charge in [-0.15, -0.1) is 0 Å². The van der Waals surface area contributed by atoms with Crippen LogP contribution in [-0.4, -0.2) is 85.4 Å². The first-order valence-electron chi connectivity index (χ1n) is 13.9. The van der Waals surface area contributed by atoms with E-state index in [1.165, 1.54) is 12.8 Å². The fourth-order valence-corrected chi connectivity index (χ4v) is 5.34. The molecule has 2 aliphatic rings. The van der Waals surface area contributed by atoms with Crippen LogP contribution in [0.4, 0.5) is 11.6 Å². The van der Waals surface area contributed by atoms with Gasteiger partial charge in [-0.05, 0) is 62.4 Å². The van der Waals surface area contributed by atoms with Crippen LogP contribution in [0.5, 0.6) is 11.5 Å². The minimum Gasteiger partial charge on any atom is -0.493 e. The van der Waals surface area contributed by atoms with Crippen molar-refractivity contribution in [3.05, 3.63) is 60.2 Å². The number of fused-ring (bicyclic) bond motifs is 1. The molecule has 4 heterocycles. The number of methoxy groups -OCH3 is 2. The summed E-state index contributed by atoms with van der Waals surface area (Å²) in [6.07, 6.45) is 6.18. The zero-order valence-electron chi connectivity index (χ0n) is 23.4. The molecule has 4 aromatic rings. The van der Waals surface area contributed by atoms with Crippen molar-refractivity contribution in [1.82, 2.24) is 24.8 Å². The van der Waals surface area contributed by atoms with Crippen molar-refractivity contribution >= 4 is 34.7 Å². The van der Waals surface area contributed by atoms with Gasteiger partial charge in [-0.1, -0.05) is 12.1 Å². The van der Waals surface area contributed by atoms with Gasteiger partial charge in [0.15, 0.2) is 23.1 Å². The highest BCUT2D eigenvalue weighted by molar-refractivity contribution is 5.90. The Morgan fingerprint density at radius 3 is 2.17 bits per heavy atom. The molecule has 0 bridgehead atoms. The molecule has 2 saturated heterocycles. The smallest absolute Gasteiger partial charge is 0.161 e. The SMILES string of the molecule is COc1ccc(-c2cc(N3CCCC3)nc(C=Cc3nc(N4CCN(C)CC4)c4ccccc4n3)n2)cc1OC. The largest absolute Gasteiger partial charge is 0.493 e.